The van der Waals surface area contributed by atoms with Crippen molar-refractivity contribution >= 4 is 44.8 Å². The van der Waals surface area contributed by atoms with Gasteiger partial charge in [-0.05, 0) is 33.7 Å². The molecule has 1 aliphatic heterocycles. The number of hydrogen-bond donors (Lipinski definition) is 0. The number of rotatable bonds is 2. The molecule has 4 aromatic carbocycles. The summed E-state index contributed by atoms with van der Waals surface area (Å²) in [4.78, 5) is 16.2. The minimum atomic E-state index is 0.0345. The van der Waals surface area contributed by atoms with Crippen molar-refractivity contribution < 1.29 is 4.79 Å². The van der Waals surface area contributed by atoms with Crippen molar-refractivity contribution in [2.45, 2.75) is 4.90 Å². The van der Waals surface area contributed by atoms with Gasteiger partial charge in [0.1, 0.15) is 0 Å². The van der Waals surface area contributed by atoms with Gasteiger partial charge in [0, 0.05) is 23.6 Å². The van der Waals surface area contributed by atoms with E-state index in [2.05, 4.69) is 47.4 Å². The molecule has 0 unspecified atom stereocenters. The minimum absolute atomic E-state index is 0.0345. The lowest BCUT2D eigenvalue weighted by Crippen LogP contribution is -2.11. The Morgan fingerprint density at radius 3 is 2.41 bits per heavy atom. The summed E-state index contributed by atoms with van der Waals surface area (Å²) in [5.41, 5.74) is 1.87. The van der Waals surface area contributed by atoms with Crippen LogP contribution in [-0.2, 0) is 0 Å². The summed E-state index contributed by atoms with van der Waals surface area (Å²) >= 11 is 1.67. The Kier molecular flexibility index (Phi) is 3.76. The SMILES string of the molecule is CN1C(=CC(=O)c2ccc3ccccc3c2)Sc2c1ccc1ccccc21. The molecule has 0 aliphatic carbocycles. The van der Waals surface area contributed by atoms with Crippen LogP contribution in [0.15, 0.2) is 94.9 Å². The Balaban J connectivity index is 1.52. The fourth-order valence-corrected chi connectivity index (χ4v) is 4.77. The lowest BCUT2D eigenvalue weighted by Gasteiger charge is -2.13. The number of ketones is 1. The third-order valence-electron chi connectivity index (χ3n) is 5.05. The fraction of sp³-hybridized carbons (Fsp3) is 0.0417. The number of allylic oxidation sites excluding steroid dienone is 1. The van der Waals surface area contributed by atoms with Crippen LogP contribution in [0.25, 0.3) is 21.5 Å². The number of nitrogens with zero attached hydrogens (tertiary/aromatic N) is 1. The standard InChI is InChI=1S/C24H17NOS/c1-25-21-13-12-17-7-4-5-9-20(17)24(21)27-23(25)15-22(26)19-11-10-16-6-2-3-8-18(16)14-19/h2-15H,1H3. The number of anilines is 1. The van der Waals surface area contributed by atoms with Gasteiger partial charge in [-0.25, -0.2) is 0 Å². The third-order valence-corrected chi connectivity index (χ3v) is 6.28. The van der Waals surface area contributed by atoms with Gasteiger partial charge >= 0.3 is 0 Å². The number of thioether (sulfide) groups is 1. The zero-order chi connectivity index (χ0) is 18.4. The topological polar surface area (TPSA) is 20.3 Å². The second-order valence-corrected chi connectivity index (χ2v) is 7.74. The van der Waals surface area contributed by atoms with Crippen LogP contribution in [0.1, 0.15) is 10.4 Å². The van der Waals surface area contributed by atoms with Gasteiger partial charge < -0.3 is 4.90 Å². The molecule has 0 aromatic heterocycles. The van der Waals surface area contributed by atoms with Crippen molar-refractivity contribution in [1.29, 1.82) is 0 Å². The smallest absolute Gasteiger partial charge is 0.188 e. The summed E-state index contributed by atoms with van der Waals surface area (Å²) in [6.07, 6.45) is 1.75. The van der Waals surface area contributed by atoms with Gasteiger partial charge in [-0.1, -0.05) is 78.5 Å². The molecule has 2 nitrogen and oxygen atoms in total. The van der Waals surface area contributed by atoms with Crippen LogP contribution in [0.5, 0.6) is 0 Å². The second-order valence-electron chi connectivity index (χ2n) is 6.70. The van der Waals surface area contributed by atoms with Crippen LogP contribution >= 0.6 is 11.8 Å². The molecule has 130 valence electrons. The number of hydrogen-bond acceptors (Lipinski definition) is 3. The van der Waals surface area contributed by atoms with Crippen molar-refractivity contribution in [3.05, 3.63) is 95.5 Å². The van der Waals surface area contributed by atoms with E-state index < -0.39 is 0 Å². The summed E-state index contributed by atoms with van der Waals surface area (Å²) in [7, 11) is 2.02. The first kappa shape index (κ1) is 16.2. The molecule has 5 rings (SSSR count). The Hall–Kier alpha value is -3.04. The van der Waals surface area contributed by atoms with Gasteiger partial charge in [0.05, 0.1) is 10.7 Å². The van der Waals surface area contributed by atoms with E-state index in [0.717, 1.165) is 27.1 Å². The second kappa shape index (κ2) is 6.29. The van der Waals surface area contributed by atoms with Crippen molar-refractivity contribution in [3.63, 3.8) is 0 Å². The van der Waals surface area contributed by atoms with E-state index in [1.54, 1.807) is 17.8 Å². The van der Waals surface area contributed by atoms with Crippen molar-refractivity contribution in [2.75, 3.05) is 11.9 Å². The molecule has 3 heteroatoms. The highest BCUT2D eigenvalue weighted by Crippen LogP contribution is 2.48. The van der Waals surface area contributed by atoms with Crippen molar-refractivity contribution in [3.8, 4) is 0 Å². The van der Waals surface area contributed by atoms with E-state index in [9.17, 15) is 4.79 Å². The van der Waals surface area contributed by atoms with E-state index in [-0.39, 0.29) is 5.78 Å². The predicted molar refractivity (Wildman–Crippen MR) is 115 cm³/mol. The van der Waals surface area contributed by atoms with Crippen LogP contribution in [0.3, 0.4) is 0 Å². The average Bonchev–Trinajstić information content (AvgIpc) is 3.03. The highest BCUT2D eigenvalue weighted by molar-refractivity contribution is 8.04. The van der Waals surface area contributed by atoms with Crippen LogP contribution in [-0.4, -0.2) is 12.8 Å². The molecular formula is C24H17NOS. The van der Waals surface area contributed by atoms with Crippen LogP contribution in [0, 0.1) is 0 Å². The van der Waals surface area contributed by atoms with Crippen LogP contribution in [0.2, 0.25) is 0 Å². The first-order chi connectivity index (χ1) is 13.2. The maximum atomic E-state index is 12.9. The molecule has 0 bridgehead atoms. The van der Waals surface area contributed by atoms with Crippen LogP contribution < -0.4 is 4.90 Å². The summed E-state index contributed by atoms with van der Waals surface area (Å²) in [6, 6.07) is 26.6. The number of fused-ring (bicyclic) bond motifs is 4. The highest BCUT2D eigenvalue weighted by Gasteiger charge is 2.24. The molecule has 27 heavy (non-hydrogen) atoms. The van der Waals surface area contributed by atoms with Gasteiger partial charge in [0.15, 0.2) is 5.78 Å². The molecule has 0 saturated carbocycles. The number of carbonyl (C=O) groups excluding carboxylic acids is 1. The number of carbonyl (C=O) groups is 1. The third kappa shape index (κ3) is 2.71. The molecular weight excluding hydrogens is 350 g/mol. The summed E-state index contributed by atoms with van der Waals surface area (Å²) in [6.45, 7) is 0. The van der Waals surface area contributed by atoms with Gasteiger partial charge in [-0.15, -0.1) is 0 Å². The Morgan fingerprint density at radius 1 is 0.852 bits per heavy atom. The van der Waals surface area contributed by atoms with Gasteiger partial charge in [0.2, 0.25) is 0 Å². The average molecular weight is 367 g/mol. The van der Waals surface area contributed by atoms with E-state index >= 15 is 0 Å². The molecule has 0 atom stereocenters. The zero-order valence-electron chi connectivity index (χ0n) is 14.8. The molecule has 0 saturated heterocycles. The molecule has 0 radical (unpaired) electrons. The molecule has 1 aliphatic rings. The molecule has 0 spiro atoms. The van der Waals surface area contributed by atoms with E-state index in [0.29, 0.717) is 0 Å². The molecule has 1 heterocycles. The predicted octanol–water partition coefficient (Wildman–Crippen LogP) is 6.26. The van der Waals surface area contributed by atoms with Crippen LogP contribution in [0.4, 0.5) is 5.69 Å². The lowest BCUT2D eigenvalue weighted by molar-refractivity contribution is 0.104. The Labute approximate surface area is 162 Å². The quantitative estimate of drug-likeness (QED) is 0.308. The maximum absolute atomic E-state index is 12.9. The largest absolute Gasteiger partial charge is 0.338 e. The molecule has 0 N–H and O–H groups in total. The summed E-state index contributed by atoms with van der Waals surface area (Å²) in [5.74, 6) is 0.0345. The highest BCUT2D eigenvalue weighted by atomic mass is 32.2. The molecule has 4 aromatic rings. The van der Waals surface area contributed by atoms with Gasteiger partial charge in [0.25, 0.3) is 0 Å². The zero-order valence-corrected chi connectivity index (χ0v) is 15.7. The molecule has 0 amide bonds. The minimum Gasteiger partial charge on any atom is -0.338 e. The maximum Gasteiger partial charge on any atom is 0.188 e. The van der Waals surface area contributed by atoms with Crippen molar-refractivity contribution in [2.24, 2.45) is 0 Å². The van der Waals surface area contributed by atoms with E-state index in [4.69, 9.17) is 0 Å². The monoisotopic (exact) mass is 367 g/mol. The Morgan fingerprint density at radius 2 is 1.56 bits per heavy atom. The first-order valence-corrected chi connectivity index (χ1v) is 9.70. The fourth-order valence-electron chi connectivity index (χ4n) is 3.56. The van der Waals surface area contributed by atoms with Gasteiger partial charge in [-0.2, -0.15) is 0 Å². The number of benzene rings is 4. The van der Waals surface area contributed by atoms with E-state index in [1.807, 2.05) is 43.4 Å². The first-order valence-electron chi connectivity index (χ1n) is 8.89. The molecule has 0 fully saturated rings. The normalized spacial score (nSPS) is 14.9. The lowest BCUT2D eigenvalue weighted by atomic mass is 10.0. The summed E-state index contributed by atoms with van der Waals surface area (Å²) < 4.78 is 0. The summed E-state index contributed by atoms with van der Waals surface area (Å²) in [5, 5.41) is 5.64. The van der Waals surface area contributed by atoms with E-state index in [1.165, 1.54) is 15.7 Å². The Bertz CT molecular complexity index is 1240. The van der Waals surface area contributed by atoms with Crippen molar-refractivity contribution in [1.82, 2.24) is 0 Å². The van der Waals surface area contributed by atoms with Gasteiger partial charge in [-0.3, -0.25) is 4.79 Å².